The predicted molar refractivity (Wildman–Crippen MR) is 275 cm³/mol. The van der Waals surface area contributed by atoms with Crippen molar-refractivity contribution in [2.75, 3.05) is 119 Å². The summed E-state index contributed by atoms with van der Waals surface area (Å²) in [6, 6.07) is 16.5. The summed E-state index contributed by atoms with van der Waals surface area (Å²) in [7, 11) is 1.55. The number of amides is 4. The standard InChI is InChI=1S/C30H34N6O8.C23H24N6O5/c31-14-22-21-13-18(27(29(38)39)20(21)1-2-23(22)42-12-9-35-7-10-41-11-8-35)15-32-6-5-19-16-36(30(40)44-19)25-4-3-24-28(33-25)34-26(37)17-43-24;1-32-21-8-14-6-13(7-16(14)17(9-24)26-21)10-25-5-4-15-11-29(23(31)34-15)19-3-2-18-22(27-19)28-20(30)12-33-18/h1-4,18-19,27,32H,5-13,15-17H2,(H,38,39)(H,33,34,37);2-3,8,13,15,25H,4-7,10-12H2,1H3,(H,27,28,30). The Morgan fingerprint density at radius 1 is 0.795 bits per heavy atom. The Bertz CT molecular complexity index is 3050. The number of carboxylic acids is 1. The van der Waals surface area contributed by atoms with Gasteiger partial charge in [-0.3, -0.25) is 29.1 Å². The second-order valence-electron chi connectivity index (χ2n) is 19.7. The Labute approximate surface area is 448 Å². The molecule has 0 bridgehead atoms. The van der Waals surface area contributed by atoms with Crippen molar-refractivity contribution < 1.29 is 62.2 Å². The molecule has 3 aromatic heterocycles. The van der Waals surface area contributed by atoms with Crippen LogP contribution in [0.4, 0.5) is 32.9 Å². The number of nitrogens with one attached hydrogen (secondary N) is 4. The number of hydrogen-bond acceptors (Lipinski definition) is 20. The molecule has 11 rings (SSSR count). The van der Waals surface area contributed by atoms with E-state index in [1.54, 1.807) is 43.5 Å². The van der Waals surface area contributed by atoms with Gasteiger partial charge in [-0.25, -0.2) is 24.5 Å². The zero-order valence-electron chi connectivity index (χ0n) is 42.8. The number of nitriles is 2. The van der Waals surface area contributed by atoms with E-state index in [-0.39, 0.29) is 49.4 Å². The van der Waals surface area contributed by atoms with Crippen LogP contribution in [0.3, 0.4) is 0 Å². The molecular formula is C53H58N12O13. The van der Waals surface area contributed by atoms with Crippen molar-refractivity contribution in [3.63, 3.8) is 0 Å². The normalized spacial score (nSPS) is 21.9. The van der Waals surface area contributed by atoms with E-state index in [4.69, 9.17) is 33.2 Å². The third kappa shape index (κ3) is 11.9. The lowest BCUT2D eigenvalue weighted by Gasteiger charge is -2.26. The first-order chi connectivity index (χ1) is 37.9. The van der Waals surface area contributed by atoms with Gasteiger partial charge in [-0.2, -0.15) is 10.5 Å². The molecule has 25 heteroatoms. The maximum atomic E-state index is 12.6. The molecule has 5 unspecified atom stereocenters. The molecule has 78 heavy (non-hydrogen) atoms. The minimum Gasteiger partial charge on any atom is -0.491 e. The van der Waals surface area contributed by atoms with Gasteiger partial charge in [0.15, 0.2) is 36.3 Å². The number of aliphatic carboxylic acids is 1. The van der Waals surface area contributed by atoms with E-state index in [1.807, 2.05) is 6.07 Å². The number of aromatic nitrogens is 3. The number of benzene rings is 1. The molecule has 4 aromatic rings. The molecule has 0 saturated carbocycles. The van der Waals surface area contributed by atoms with Crippen LogP contribution in [0.5, 0.6) is 23.1 Å². The highest BCUT2D eigenvalue weighted by molar-refractivity contribution is 5.96. The van der Waals surface area contributed by atoms with Crippen molar-refractivity contribution >= 4 is 53.2 Å². The van der Waals surface area contributed by atoms with Crippen LogP contribution in [0.25, 0.3) is 0 Å². The monoisotopic (exact) mass is 1070 g/mol. The molecule has 5 atom stereocenters. The topological polar surface area (TPSA) is 314 Å². The molecule has 408 valence electrons. The predicted octanol–water partition coefficient (Wildman–Crippen LogP) is 2.75. The van der Waals surface area contributed by atoms with Crippen molar-refractivity contribution in [2.45, 2.75) is 50.2 Å². The number of carbonyl (C=O) groups excluding carboxylic acids is 4. The zero-order valence-corrected chi connectivity index (χ0v) is 42.8. The fraction of sp³-hybridized carbons (Fsp3) is 0.472. The third-order valence-corrected chi connectivity index (χ3v) is 14.6. The van der Waals surface area contributed by atoms with Gasteiger partial charge in [0.25, 0.3) is 11.8 Å². The molecule has 0 radical (unpaired) electrons. The van der Waals surface area contributed by atoms with Gasteiger partial charge in [-0.15, -0.1) is 0 Å². The summed E-state index contributed by atoms with van der Waals surface area (Å²) in [4.78, 5) is 78.4. The SMILES string of the molecule is COc1cc2c(c(C#N)n1)CC(CNCCC1CN(c3ccc4c(n3)NC(=O)CO4)C(=O)O1)C2.N#Cc1c(OCCN2CCOCC2)ccc2c1CC(CNCCC1CN(c3ccc4c(n3)NC(=O)CO4)C(=O)O1)C2C(=O)O. The average molecular weight is 1070 g/mol. The van der Waals surface area contributed by atoms with Crippen LogP contribution >= 0.6 is 0 Å². The number of rotatable bonds is 18. The van der Waals surface area contributed by atoms with Crippen LogP contribution < -0.4 is 50.0 Å². The number of carbonyl (C=O) groups is 5. The molecule has 3 saturated heterocycles. The Morgan fingerprint density at radius 3 is 2.01 bits per heavy atom. The van der Waals surface area contributed by atoms with Crippen molar-refractivity contribution in [1.82, 2.24) is 30.5 Å². The first kappa shape index (κ1) is 53.1. The van der Waals surface area contributed by atoms with Gasteiger partial charge in [0.2, 0.25) is 5.88 Å². The molecule has 0 spiro atoms. The van der Waals surface area contributed by atoms with Gasteiger partial charge in [-0.1, -0.05) is 6.07 Å². The lowest BCUT2D eigenvalue weighted by molar-refractivity contribution is -0.139. The molecule has 5 aliphatic heterocycles. The number of hydrogen-bond donors (Lipinski definition) is 5. The minimum absolute atomic E-state index is 0.0492. The van der Waals surface area contributed by atoms with Crippen LogP contribution in [-0.2, 0) is 47.9 Å². The van der Waals surface area contributed by atoms with Crippen LogP contribution in [0.2, 0.25) is 0 Å². The number of ether oxygens (including phenoxy) is 7. The van der Waals surface area contributed by atoms with E-state index in [0.717, 1.165) is 55.7 Å². The number of fused-ring (bicyclic) bond motifs is 4. The molecule has 7 aliphatic rings. The number of carboxylic acid groups (broad SMARTS) is 1. The van der Waals surface area contributed by atoms with Gasteiger partial charge in [0, 0.05) is 25.7 Å². The number of morpholine rings is 1. The van der Waals surface area contributed by atoms with Gasteiger partial charge >= 0.3 is 18.2 Å². The molecule has 3 fully saturated rings. The van der Waals surface area contributed by atoms with Crippen molar-refractivity contribution in [1.29, 1.82) is 10.5 Å². The summed E-state index contributed by atoms with van der Waals surface area (Å²) in [6.45, 7) is 7.16. The molecule has 4 amide bonds. The summed E-state index contributed by atoms with van der Waals surface area (Å²) in [6.07, 6.45) is 1.64. The maximum absolute atomic E-state index is 12.6. The summed E-state index contributed by atoms with van der Waals surface area (Å²) in [5.74, 6) is 1.02. The van der Waals surface area contributed by atoms with Gasteiger partial charge in [-0.05, 0) is 123 Å². The number of nitrogens with zero attached hydrogens (tertiary/aromatic N) is 8. The second kappa shape index (κ2) is 23.9. The number of cyclic esters (lactones) is 2. The molecule has 25 nitrogen and oxygen atoms in total. The highest BCUT2D eigenvalue weighted by atomic mass is 16.6. The Balaban J connectivity index is 0.000000182. The molecular weight excluding hydrogens is 1010 g/mol. The molecule has 5 N–H and O–H groups in total. The van der Waals surface area contributed by atoms with Crippen LogP contribution in [0.1, 0.15) is 52.3 Å². The van der Waals surface area contributed by atoms with Gasteiger partial charge in [0.1, 0.15) is 54.0 Å². The molecule has 8 heterocycles. The summed E-state index contributed by atoms with van der Waals surface area (Å²) < 4.78 is 38.2. The van der Waals surface area contributed by atoms with Crippen LogP contribution in [0.15, 0.2) is 42.5 Å². The third-order valence-electron chi connectivity index (χ3n) is 14.6. The van der Waals surface area contributed by atoms with E-state index in [0.29, 0.717) is 129 Å². The first-order valence-corrected chi connectivity index (χ1v) is 25.9. The van der Waals surface area contributed by atoms with E-state index < -0.39 is 30.2 Å². The van der Waals surface area contributed by atoms with E-state index in [9.17, 15) is 39.6 Å². The minimum atomic E-state index is -0.931. The quantitative estimate of drug-likeness (QED) is 0.0895. The lowest BCUT2D eigenvalue weighted by atomic mass is 9.92. The zero-order chi connectivity index (χ0) is 54.3. The van der Waals surface area contributed by atoms with Crippen LogP contribution in [-0.4, -0.2) is 166 Å². The van der Waals surface area contributed by atoms with Crippen LogP contribution in [0, 0.1) is 34.5 Å². The van der Waals surface area contributed by atoms with E-state index >= 15 is 0 Å². The highest BCUT2D eigenvalue weighted by Gasteiger charge is 2.40. The van der Waals surface area contributed by atoms with E-state index in [2.05, 4.69) is 53.3 Å². The lowest BCUT2D eigenvalue weighted by Crippen LogP contribution is -2.38. The van der Waals surface area contributed by atoms with Crippen molar-refractivity contribution in [2.24, 2.45) is 11.8 Å². The summed E-state index contributed by atoms with van der Waals surface area (Å²) in [5.41, 5.74) is 4.36. The Morgan fingerprint density at radius 2 is 1.42 bits per heavy atom. The van der Waals surface area contributed by atoms with E-state index in [1.165, 1.54) is 9.80 Å². The highest BCUT2D eigenvalue weighted by Crippen LogP contribution is 2.42. The smallest absolute Gasteiger partial charge is 0.415 e. The number of pyridine rings is 3. The summed E-state index contributed by atoms with van der Waals surface area (Å²) >= 11 is 0. The maximum Gasteiger partial charge on any atom is 0.415 e. The van der Waals surface area contributed by atoms with Crippen molar-refractivity contribution in [3.05, 3.63) is 76.0 Å². The average Bonchev–Trinajstić information content (AvgIpc) is 4.28. The van der Waals surface area contributed by atoms with Crippen molar-refractivity contribution in [3.8, 4) is 35.3 Å². The van der Waals surface area contributed by atoms with Gasteiger partial charge in [0.05, 0.1) is 44.9 Å². The number of anilines is 4. The first-order valence-electron chi connectivity index (χ1n) is 25.9. The fourth-order valence-corrected chi connectivity index (χ4v) is 10.7. The fourth-order valence-electron chi connectivity index (χ4n) is 10.7. The molecule has 1 aromatic carbocycles. The van der Waals surface area contributed by atoms with Gasteiger partial charge < -0.3 is 59.5 Å². The second-order valence-corrected chi connectivity index (χ2v) is 19.7. The molecule has 2 aliphatic carbocycles. The summed E-state index contributed by atoms with van der Waals surface area (Å²) in [5, 5.41) is 41.5. The Hall–Kier alpha value is -8.36. The largest absolute Gasteiger partial charge is 0.491 e. The Kier molecular flexibility index (Phi) is 16.3. The number of methoxy groups -OCH3 is 1.